The third kappa shape index (κ3) is 2.83. The molecule has 0 unspecified atom stereocenters. The standard InChI is InChI=1S/C17H22N4O2/c1-17(2)7-11(14-15(22)19-10-20-16(14)23)12(9-18)13(8-17)21-5-3-4-6-21/h3-8,10H2,1-2H3,(H,19,22)(H,20,23). The van der Waals surface area contributed by atoms with Gasteiger partial charge in [-0.2, -0.15) is 5.26 Å². The van der Waals surface area contributed by atoms with Crippen molar-refractivity contribution in [3.05, 3.63) is 22.4 Å². The molecule has 6 nitrogen and oxygen atoms in total. The van der Waals surface area contributed by atoms with Crippen molar-refractivity contribution in [2.24, 2.45) is 5.41 Å². The number of nitrogens with one attached hydrogen (secondary N) is 2. The Labute approximate surface area is 136 Å². The third-order valence-corrected chi connectivity index (χ3v) is 4.75. The van der Waals surface area contributed by atoms with Gasteiger partial charge in [0.2, 0.25) is 0 Å². The zero-order chi connectivity index (χ0) is 16.6. The minimum absolute atomic E-state index is 0.0847. The molecule has 2 N–H and O–H groups in total. The maximum Gasteiger partial charge on any atom is 0.258 e. The molecule has 0 atom stereocenters. The van der Waals surface area contributed by atoms with Crippen molar-refractivity contribution in [3.8, 4) is 6.07 Å². The number of nitriles is 1. The summed E-state index contributed by atoms with van der Waals surface area (Å²) in [7, 11) is 0. The lowest BCUT2D eigenvalue weighted by Crippen LogP contribution is -2.48. The van der Waals surface area contributed by atoms with E-state index in [4.69, 9.17) is 0 Å². The van der Waals surface area contributed by atoms with E-state index < -0.39 is 0 Å². The molecule has 0 aromatic heterocycles. The fourth-order valence-corrected chi connectivity index (χ4v) is 3.71. The molecule has 122 valence electrons. The summed E-state index contributed by atoms with van der Waals surface area (Å²) in [5, 5.41) is 15.0. The molecule has 0 aromatic rings. The molecule has 2 amide bonds. The Morgan fingerprint density at radius 1 is 1.09 bits per heavy atom. The molecule has 0 spiro atoms. The summed E-state index contributed by atoms with van der Waals surface area (Å²) in [6, 6.07) is 2.28. The van der Waals surface area contributed by atoms with Gasteiger partial charge in [0.1, 0.15) is 11.6 Å². The molecule has 1 aliphatic carbocycles. The largest absolute Gasteiger partial charge is 0.374 e. The first-order valence-electron chi connectivity index (χ1n) is 8.11. The second-order valence-electron chi connectivity index (χ2n) is 7.19. The highest BCUT2D eigenvalue weighted by molar-refractivity contribution is 6.21. The van der Waals surface area contributed by atoms with Gasteiger partial charge in [-0.1, -0.05) is 13.8 Å². The fourth-order valence-electron chi connectivity index (χ4n) is 3.71. The molecular weight excluding hydrogens is 292 g/mol. The molecule has 0 aromatic carbocycles. The average molecular weight is 314 g/mol. The number of hydrogen-bond acceptors (Lipinski definition) is 4. The predicted octanol–water partition coefficient (Wildman–Crippen LogP) is 1.18. The molecule has 2 fully saturated rings. The lowest BCUT2D eigenvalue weighted by molar-refractivity contribution is -0.126. The van der Waals surface area contributed by atoms with E-state index in [0.717, 1.165) is 38.0 Å². The van der Waals surface area contributed by atoms with Crippen molar-refractivity contribution in [2.75, 3.05) is 19.8 Å². The van der Waals surface area contributed by atoms with Crippen LogP contribution in [0.4, 0.5) is 0 Å². The van der Waals surface area contributed by atoms with Crippen molar-refractivity contribution >= 4 is 11.8 Å². The Morgan fingerprint density at radius 2 is 1.70 bits per heavy atom. The summed E-state index contributed by atoms with van der Waals surface area (Å²) in [6.45, 7) is 6.27. The Morgan fingerprint density at radius 3 is 2.26 bits per heavy atom. The first-order valence-corrected chi connectivity index (χ1v) is 8.11. The van der Waals surface area contributed by atoms with E-state index in [2.05, 4.69) is 35.5 Å². The van der Waals surface area contributed by atoms with Crippen LogP contribution in [0.1, 0.15) is 39.5 Å². The van der Waals surface area contributed by atoms with Crippen molar-refractivity contribution in [2.45, 2.75) is 39.5 Å². The van der Waals surface area contributed by atoms with Crippen LogP contribution < -0.4 is 10.6 Å². The maximum absolute atomic E-state index is 12.2. The lowest BCUT2D eigenvalue weighted by atomic mass is 9.72. The summed E-state index contributed by atoms with van der Waals surface area (Å²) in [5.74, 6) is -0.759. The van der Waals surface area contributed by atoms with Gasteiger partial charge < -0.3 is 15.5 Å². The van der Waals surface area contributed by atoms with E-state index in [9.17, 15) is 14.9 Å². The second-order valence-corrected chi connectivity index (χ2v) is 7.19. The topological polar surface area (TPSA) is 85.2 Å². The first kappa shape index (κ1) is 15.6. The smallest absolute Gasteiger partial charge is 0.258 e. The van der Waals surface area contributed by atoms with Gasteiger partial charge in [0.15, 0.2) is 0 Å². The summed E-state index contributed by atoms with van der Waals surface area (Å²) in [4.78, 5) is 26.7. The Hall–Kier alpha value is -2.29. The minimum atomic E-state index is -0.380. The molecule has 2 saturated heterocycles. The highest BCUT2D eigenvalue weighted by Gasteiger charge is 2.38. The van der Waals surface area contributed by atoms with E-state index in [1.165, 1.54) is 0 Å². The van der Waals surface area contributed by atoms with Gasteiger partial charge >= 0.3 is 0 Å². The molecular formula is C17H22N4O2. The van der Waals surface area contributed by atoms with Gasteiger partial charge in [-0.15, -0.1) is 0 Å². The third-order valence-electron chi connectivity index (χ3n) is 4.75. The van der Waals surface area contributed by atoms with Gasteiger partial charge in [0.25, 0.3) is 11.8 Å². The van der Waals surface area contributed by atoms with Crippen LogP contribution in [-0.4, -0.2) is 36.5 Å². The molecule has 0 radical (unpaired) electrons. The van der Waals surface area contributed by atoms with E-state index in [0.29, 0.717) is 17.6 Å². The molecule has 3 rings (SSSR count). The van der Waals surface area contributed by atoms with Gasteiger partial charge in [0, 0.05) is 18.8 Å². The molecule has 0 saturated carbocycles. The van der Waals surface area contributed by atoms with Crippen LogP contribution in [0.5, 0.6) is 0 Å². The SMILES string of the molecule is CC1(C)CC(=C2C(=O)NCNC2=O)C(C#N)=C(N2CCCC2)C1. The zero-order valence-electron chi connectivity index (χ0n) is 13.7. The van der Waals surface area contributed by atoms with E-state index >= 15 is 0 Å². The normalized spacial score (nSPS) is 24.5. The molecule has 2 aliphatic heterocycles. The van der Waals surface area contributed by atoms with Crippen LogP contribution >= 0.6 is 0 Å². The van der Waals surface area contributed by atoms with Crippen LogP contribution in [0.2, 0.25) is 0 Å². The molecule has 23 heavy (non-hydrogen) atoms. The molecule has 2 heterocycles. The number of hydrogen-bond donors (Lipinski definition) is 2. The summed E-state index contributed by atoms with van der Waals surface area (Å²) in [5.41, 5.74) is 2.14. The summed E-state index contributed by atoms with van der Waals surface area (Å²) >= 11 is 0. The fraction of sp³-hybridized carbons (Fsp3) is 0.588. The van der Waals surface area contributed by atoms with E-state index in [1.807, 2.05) is 0 Å². The molecule has 0 bridgehead atoms. The highest BCUT2D eigenvalue weighted by Crippen LogP contribution is 2.44. The number of likely N-dealkylation sites (tertiary alicyclic amines) is 1. The molecule has 3 aliphatic rings. The number of rotatable bonds is 1. The van der Waals surface area contributed by atoms with Crippen LogP contribution in [0, 0.1) is 16.7 Å². The Kier molecular flexibility index (Phi) is 3.88. The van der Waals surface area contributed by atoms with Gasteiger partial charge in [-0.3, -0.25) is 9.59 Å². The highest BCUT2D eigenvalue weighted by atomic mass is 16.2. The molecule has 6 heteroatoms. The average Bonchev–Trinajstić information content (AvgIpc) is 2.99. The Balaban J connectivity index is 2.17. The van der Waals surface area contributed by atoms with Crippen molar-refractivity contribution in [3.63, 3.8) is 0 Å². The quantitative estimate of drug-likeness (QED) is 0.562. The van der Waals surface area contributed by atoms with E-state index in [1.54, 1.807) is 0 Å². The van der Waals surface area contributed by atoms with E-state index in [-0.39, 0.29) is 29.5 Å². The zero-order valence-corrected chi connectivity index (χ0v) is 13.7. The number of nitrogens with zero attached hydrogens (tertiary/aromatic N) is 2. The summed E-state index contributed by atoms with van der Waals surface area (Å²) < 4.78 is 0. The number of allylic oxidation sites excluding steroid dienone is 3. The maximum atomic E-state index is 12.2. The predicted molar refractivity (Wildman–Crippen MR) is 84.6 cm³/mol. The van der Waals surface area contributed by atoms with Crippen LogP contribution in [0.15, 0.2) is 22.4 Å². The van der Waals surface area contributed by atoms with Gasteiger partial charge in [0.05, 0.1) is 12.2 Å². The number of carbonyl (C=O) groups is 2. The van der Waals surface area contributed by atoms with Gasteiger partial charge in [-0.25, -0.2) is 0 Å². The van der Waals surface area contributed by atoms with Crippen molar-refractivity contribution in [1.82, 2.24) is 15.5 Å². The van der Waals surface area contributed by atoms with Crippen molar-refractivity contribution in [1.29, 1.82) is 5.26 Å². The van der Waals surface area contributed by atoms with Crippen LogP contribution in [0.3, 0.4) is 0 Å². The Bertz CT molecular complexity index is 643. The van der Waals surface area contributed by atoms with Crippen LogP contribution in [-0.2, 0) is 9.59 Å². The van der Waals surface area contributed by atoms with Crippen LogP contribution in [0.25, 0.3) is 0 Å². The lowest BCUT2D eigenvalue weighted by Gasteiger charge is -2.38. The van der Waals surface area contributed by atoms with Crippen molar-refractivity contribution < 1.29 is 9.59 Å². The summed E-state index contributed by atoms with van der Waals surface area (Å²) in [6.07, 6.45) is 3.60. The number of carbonyl (C=O) groups excluding carboxylic acids is 2. The van der Waals surface area contributed by atoms with Gasteiger partial charge in [-0.05, 0) is 36.7 Å². The second kappa shape index (κ2) is 5.73. The monoisotopic (exact) mass is 314 g/mol. The number of amides is 2. The first-order chi connectivity index (χ1) is 10.9. The minimum Gasteiger partial charge on any atom is -0.374 e.